The molecule has 1 amide bonds. The minimum Gasteiger partial charge on any atom is -0.493 e. The van der Waals surface area contributed by atoms with Crippen molar-refractivity contribution in [1.29, 1.82) is 5.26 Å². The van der Waals surface area contributed by atoms with Crippen molar-refractivity contribution < 1.29 is 14.3 Å². The Bertz CT molecular complexity index is 1230. The molecule has 1 aliphatic rings. The maximum atomic E-state index is 12.6. The molecule has 1 aromatic carbocycles. The maximum Gasteiger partial charge on any atom is 0.235 e. The number of anilines is 1. The third-order valence-corrected chi connectivity index (χ3v) is 7.63. The molecule has 2 heterocycles. The molecule has 172 valence electrons. The average Bonchev–Trinajstić information content (AvgIpc) is 3.35. The summed E-state index contributed by atoms with van der Waals surface area (Å²) in [5, 5.41) is 21.8. The second kappa shape index (κ2) is 9.72. The molecule has 4 rings (SSSR count). The van der Waals surface area contributed by atoms with Gasteiger partial charge in [-0.05, 0) is 48.9 Å². The second-order valence-electron chi connectivity index (χ2n) is 7.75. The summed E-state index contributed by atoms with van der Waals surface area (Å²) in [5.74, 6) is 8.23. The Balaban J connectivity index is 1.44. The van der Waals surface area contributed by atoms with Crippen LogP contribution in [-0.2, 0) is 17.6 Å². The Hall–Kier alpha value is -3.23. The summed E-state index contributed by atoms with van der Waals surface area (Å²) in [6.07, 6.45) is 2.90. The predicted octanol–water partition coefficient (Wildman–Crippen LogP) is 3.46. The lowest BCUT2D eigenvalue weighted by atomic mass is 9.89. The summed E-state index contributed by atoms with van der Waals surface area (Å²) >= 11 is 2.68. The van der Waals surface area contributed by atoms with E-state index in [1.165, 1.54) is 32.7 Å². The van der Waals surface area contributed by atoms with Gasteiger partial charge in [0.25, 0.3) is 0 Å². The first kappa shape index (κ1) is 22.9. The molecule has 1 aliphatic carbocycles. The van der Waals surface area contributed by atoms with Gasteiger partial charge in [0.1, 0.15) is 11.1 Å². The highest BCUT2D eigenvalue weighted by Crippen LogP contribution is 2.39. The van der Waals surface area contributed by atoms with E-state index < -0.39 is 0 Å². The lowest BCUT2D eigenvalue weighted by Gasteiger charge is -2.17. The average molecular weight is 485 g/mol. The van der Waals surface area contributed by atoms with Crippen molar-refractivity contribution in [2.45, 2.75) is 31.3 Å². The maximum absolute atomic E-state index is 12.6. The highest BCUT2D eigenvalue weighted by molar-refractivity contribution is 7.99. The number of nitrogens with zero attached hydrogens (tertiary/aromatic N) is 4. The number of nitrogen functional groups attached to an aromatic ring is 1. The van der Waals surface area contributed by atoms with Crippen molar-refractivity contribution in [2.75, 3.05) is 31.1 Å². The van der Waals surface area contributed by atoms with E-state index in [0.717, 1.165) is 24.8 Å². The van der Waals surface area contributed by atoms with Crippen molar-refractivity contribution in [3.8, 4) is 29.0 Å². The molecular formula is C22H24N6O3S2. The highest BCUT2D eigenvalue weighted by Gasteiger charge is 2.25. The van der Waals surface area contributed by atoms with Crippen molar-refractivity contribution >= 4 is 34.0 Å². The van der Waals surface area contributed by atoms with E-state index in [9.17, 15) is 10.1 Å². The molecule has 1 unspecified atom stereocenters. The Morgan fingerprint density at radius 3 is 2.88 bits per heavy atom. The molecule has 3 aromatic rings. The van der Waals surface area contributed by atoms with Crippen LogP contribution in [-0.4, -0.2) is 40.8 Å². The minimum atomic E-state index is -0.223. The largest absolute Gasteiger partial charge is 0.493 e. The number of ether oxygens (including phenoxy) is 2. The van der Waals surface area contributed by atoms with Crippen LogP contribution in [0.4, 0.5) is 5.00 Å². The van der Waals surface area contributed by atoms with Crippen molar-refractivity contribution in [3.63, 3.8) is 0 Å². The Morgan fingerprint density at radius 1 is 1.36 bits per heavy atom. The van der Waals surface area contributed by atoms with Crippen LogP contribution in [0.2, 0.25) is 0 Å². The number of amides is 1. The van der Waals surface area contributed by atoms with E-state index in [2.05, 4.69) is 28.5 Å². The van der Waals surface area contributed by atoms with Crippen molar-refractivity contribution in [2.24, 2.45) is 5.92 Å². The number of aromatic nitrogens is 3. The number of benzene rings is 1. The number of thioether (sulfide) groups is 1. The smallest absolute Gasteiger partial charge is 0.235 e. The monoisotopic (exact) mass is 484 g/mol. The molecule has 33 heavy (non-hydrogen) atoms. The number of hydrogen-bond donors (Lipinski definition) is 2. The van der Waals surface area contributed by atoms with E-state index in [1.807, 2.05) is 0 Å². The highest BCUT2D eigenvalue weighted by atomic mass is 32.2. The van der Waals surface area contributed by atoms with Gasteiger partial charge in [-0.1, -0.05) is 18.7 Å². The van der Waals surface area contributed by atoms with E-state index in [-0.39, 0.29) is 11.7 Å². The third kappa shape index (κ3) is 4.62. The Kier molecular flexibility index (Phi) is 6.76. The van der Waals surface area contributed by atoms with Gasteiger partial charge in [0, 0.05) is 10.4 Å². The van der Waals surface area contributed by atoms with Gasteiger partial charge in [0.05, 0.1) is 25.5 Å². The van der Waals surface area contributed by atoms with Gasteiger partial charge in [0.2, 0.25) is 11.1 Å². The molecular weight excluding hydrogens is 460 g/mol. The number of hydrogen-bond acceptors (Lipinski definition) is 9. The fraction of sp³-hybridized carbons (Fsp3) is 0.364. The zero-order valence-electron chi connectivity index (χ0n) is 18.5. The van der Waals surface area contributed by atoms with Gasteiger partial charge >= 0.3 is 0 Å². The first-order chi connectivity index (χ1) is 15.9. The second-order valence-corrected chi connectivity index (χ2v) is 9.80. The number of methoxy groups -OCH3 is 2. The molecule has 0 radical (unpaired) electrons. The van der Waals surface area contributed by atoms with Gasteiger partial charge < -0.3 is 20.6 Å². The number of fused-ring (bicyclic) bond motifs is 1. The summed E-state index contributed by atoms with van der Waals surface area (Å²) in [4.78, 5) is 13.8. The number of nitrogens with one attached hydrogen (secondary N) is 1. The molecule has 0 fully saturated rings. The number of carbonyl (C=O) groups excluding carboxylic acids is 1. The van der Waals surface area contributed by atoms with Gasteiger partial charge in [-0.25, -0.2) is 4.68 Å². The van der Waals surface area contributed by atoms with Crippen LogP contribution < -0.4 is 20.6 Å². The normalized spacial score (nSPS) is 14.9. The van der Waals surface area contributed by atoms with Crippen LogP contribution in [0.25, 0.3) is 11.4 Å². The van der Waals surface area contributed by atoms with Crippen LogP contribution in [0, 0.1) is 17.2 Å². The van der Waals surface area contributed by atoms with Crippen LogP contribution >= 0.6 is 23.1 Å². The fourth-order valence-electron chi connectivity index (χ4n) is 3.80. The lowest BCUT2D eigenvalue weighted by molar-refractivity contribution is -0.113. The molecule has 0 saturated carbocycles. The molecule has 11 heteroatoms. The van der Waals surface area contributed by atoms with Crippen LogP contribution in [0.1, 0.15) is 29.3 Å². The Morgan fingerprint density at radius 2 is 2.15 bits per heavy atom. The zero-order valence-corrected chi connectivity index (χ0v) is 20.2. The molecule has 0 spiro atoms. The topological polar surface area (TPSA) is 128 Å². The van der Waals surface area contributed by atoms with Gasteiger partial charge in [-0.3, -0.25) is 4.79 Å². The third-order valence-electron chi connectivity index (χ3n) is 5.52. The SMILES string of the molecule is COc1ccc(-c2nnc(SCC(=O)Nc3sc4c(c3C#N)CCC(C)C4)n2N)cc1OC. The quantitative estimate of drug-likeness (QED) is 0.385. The van der Waals surface area contributed by atoms with Gasteiger partial charge in [-0.15, -0.1) is 21.5 Å². The van der Waals surface area contributed by atoms with E-state index in [1.54, 1.807) is 32.4 Å². The van der Waals surface area contributed by atoms with E-state index in [4.69, 9.17) is 15.3 Å². The van der Waals surface area contributed by atoms with Crippen molar-refractivity contribution in [3.05, 3.63) is 34.2 Å². The molecule has 0 aliphatic heterocycles. The molecule has 0 saturated heterocycles. The first-order valence-corrected chi connectivity index (χ1v) is 12.2. The molecule has 1 atom stereocenters. The standard InChI is InChI=1S/C22H24N6O3S2/c1-12-4-6-14-15(10-23)21(33-18(14)8-12)25-19(29)11-32-22-27-26-20(28(22)24)13-5-7-16(30-2)17(9-13)31-3/h5,7,9,12H,4,6,8,11,24H2,1-3H3,(H,25,29). The predicted molar refractivity (Wildman–Crippen MR) is 128 cm³/mol. The fourth-order valence-corrected chi connectivity index (χ4v) is 5.83. The van der Waals surface area contributed by atoms with E-state index >= 15 is 0 Å². The number of nitriles is 1. The minimum absolute atomic E-state index is 0.0884. The van der Waals surface area contributed by atoms with Gasteiger partial charge in [-0.2, -0.15) is 5.26 Å². The lowest BCUT2D eigenvalue weighted by Crippen LogP contribution is -2.16. The number of nitrogens with two attached hydrogens (primary N) is 1. The van der Waals surface area contributed by atoms with Crippen LogP contribution in [0.5, 0.6) is 11.5 Å². The van der Waals surface area contributed by atoms with Crippen LogP contribution in [0.15, 0.2) is 23.4 Å². The summed E-state index contributed by atoms with van der Waals surface area (Å²) in [7, 11) is 3.12. The van der Waals surface area contributed by atoms with Crippen molar-refractivity contribution in [1.82, 2.24) is 14.9 Å². The first-order valence-electron chi connectivity index (χ1n) is 10.3. The zero-order chi connectivity index (χ0) is 23.5. The molecule has 9 nitrogen and oxygen atoms in total. The summed E-state index contributed by atoms with van der Waals surface area (Å²) in [6, 6.07) is 7.59. The summed E-state index contributed by atoms with van der Waals surface area (Å²) < 4.78 is 11.9. The van der Waals surface area contributed by atoms with Gasteiger partial charge in [0.15, 0.2) is 17.3 Å². The van der Waals surface area contributed by atoms with Crippen LogP contribution in [0.3, 0.4) is 0 Å². The van der Waals surface area contributed by atoms with E-state index in [0.29, 0.717) is 44.5 Å². The Labute approximate surface area is 199 Å². The number of carbonyl (C=O) groups is 1. The number of thiophene rings is 1. The summed E-state index contributed by atoms with van der Waals surface area (Å²) in [5.41, 5.74) is 2.39. The molecule has 0 bridgehead atoms. The number of rotatable bonds is 7. The molecule has 3 N–H and O–H groups in total. The summed E-state index contributed by atoms with van der Waals surface area (Å²) in [6.45, 7) is 2.21. The molecule has 2 aromatic heterocycles.